The summed E-state index contributed by atoms with van der Waals surface area (Å²) in [5.41, 5.74) is 6.37. The van der Waals surface area contributed by atoms with Gasteiger partial charge in [-0.3, -0.25) is 0 Å². The molecule has 4 rings (SSSR count). The Bertz CT molecular complexity index is 1220. The van der Waals surface area contributed by atoms with Gasteiger partial charge in [0.2, 0.25) is 0 Å². The average molecular weight is 580 g/mol. The molecule has 0 atom stereocenters. The first-order valence-electron chi connectivity index (χ1n) is 14.4. The molecule has 0 bridgehead atoms. The molecule has 2 aromatic carbocycles. The Hall–Kier alpha value is -2.66. The van der Waals surface area contributed by atoms with E-state index in [4.69, 9.17) is 4.74 Å². The van der Waals surface area contributed by atoms with Crippen LogP contribution in [-0.4, -0.2) is 16.2 Å². The number of benzene rings is 2. The quantitative estimate of drug-likeness (QED) is 0.0988. The second kappa shape index (κ2) is 16.3. The molecule has 0 aliphatic heterocycles. The Morgan fingerprint density at radius 3 is 2.39 bits per heavy atom. The third-order valence-electron chi connectivity index (χ3n) is 7.13. The lowest BCUT2D eigenvalue weighted by Gasteiger charge is -2.13. The van der Waals surface area contributed by atoms with E-state index in [0.717, 1.165) is 50.2 Å². The molecule has 38 heavy (non-hydrogen) atoms. The third-order valence-corrected chi connectivity index (χ3v) is 7.13. The summed E-state index contributed by atoms with van der Waals surface area (Å²) in [6.07, 6.45) is 18.4. The van der Waals surface area contributed by atoms with Crippen LogP contribution in [0.1, 0.15) is 81.9 Å². The van der Waals surface area contributed by atoms with Crippen molar-refractivity contribution >= 4 is 28.0 Å². The lowest BCUT2D eigenvalue weighted by molar-refractivity contribution is -0.696. The van der Waals surface area contributed by atoms with Crippen LogP contribution in [0.4, 0.5) is 0 Å². The molecule has 0 saturated heterocycles. The molecule has 0 aliphatic carbocycles. The summed E-state index contributed by atoms with van der Waals surface area (Å²) in [5, 5.41) is 0. The van der Waals surface area contributed by atoms with Crippen molar-refractivity contribution in [3.63, 3.8) is 0 Å². The van der Waals surface area contributed by atoms with Gasteiger partial charge in [0, 0.05) is 19.0 Å². The lowest BCUT2D eigenvalue weighted by atomic mass is 10.00. The highest BCUT2D eigenvalue weighted by molar-refractivity contribution is 8.93. The molecule has 4 aromatic rings. The number of halogens is 1. The van der Waals surface area contributed by atoms with Crippen LogP contribution in [-0.2, 0) is 25.9 Å². The Kier molecular flexibility index (Phi) is 12.8. The zero-order valence-corrected chi connectivity index (χ0v) is 25.0. The predicted octanol–water partition coefficient (Wildman–Crippen LogP) is 8.27. The van der Waals surface area contributed by atoms with E-state index >= 15 is 0 Å². The minimum atomic E-state index is 0. The smallest absolute Gasteiger partial charge is 0.196 e. The first-order valence-corrected chi connectivity index (χ1v) is 14.4. The maximum atomic E-state index is 6.29. The van der Waals surface area contributed by atoms with Crippen molar-refractivity contribution in [2.24, 2.45) is 0 Å². The maximum Gasteiger partial charge on any atom is 0.196 e. The van der Waals surface area contributed by atoms with Crippen LogP contribution in [0.2, 0.25) is 0 Å². The normalized spacial score (nSPS) is 11.0. The van der Waals surface area contributed by atoms with Crippen molar-refractivity contribution < 1.29 is 9.30 Å². The fraction of sp³-hybridized carbons (Fsp3) is 0.455. The van der Waals surface area contributed by atoms with Crippen molar-refractivity contribution in [1.29, 1.82) is 0 Å². The fourth-order valence-electron chi connectivity index (χ4n) is 4.95. The highest BCUT2D eigenvalue weighted by Gasteiger charge is 2.10. The van der Waals surface area contributed by atoms with Gasteiger partial charge in [-0.15, -0.1) is 17.0 Å². The summed E-state index contributed by atoms with van der Waals surface area (Å²) in [4.78, 5) is 4.65. The molecule has 5 heteroatoms. The van der Waals surface area contributed by atoms with E-state index in [1.807, 2.05) is 6.33 Å². The molecule has 0 amide bonds. The monoisotopic (exact) mass is 578 g/mol. The van der Waals surface area contributed by atoms with Gasteiger partial charge in [-0.05, 0) is 54.9 Å². The number of fused-ring (bicyclic) bond motifs is 1. The van der Waals surface area contributed by atoms with Gasteiger partial charge in [-0.1, -0.05) is 82.0 Å². The second-order valence-electron chi connectivity index (χ2n) is 10.2. The van der Waals surface area contributed by atoms with Crippen molar-refractivity contribution in [2.45, 2.75) is 91.1 Å². The number of aryl methyl sites for hydroxylation is 3. The number of nitrogens with zero attached hydrogens (tertiary/aromatic N) is 3. The number of hydrogen-bond donors (Lipinski definition) is 0. The summed E-state index contributed by atoms with van der Waals surface area (Å²) in [7, 11) is 0. The van der Waals surface area contributed by atoms with Crippen molar-refractivity contribution in [1.82, 2.24) is 9.55 Å². The highest BCUT2D eigenvalue weighted by atomic mass is 79.9. The van der Waals surface area contributed by atoms with Gasteiger partial charge < -0.3 is 9.30 Å². The van der Waals surface area contributed by atoms with Gasteiger partial charge in [-0.25, -0.2) is 9.55 Å². The Labute approximate surface area is 239 Å². The molecule has 4 nitrogen and oxygen atoms in total. The van der Waals surface area contributed by atoms with Gasteiger partial charge in [0.1, 0.15) is 12.3 Å². The minimum absolute atomic E-state index is 0. The third kappa shape index (κ3) is 8.97. The average Bonchev–Trinajstić information content (AvgIpc) is 3.32. The van der Waals surface area contributed by atoms with E-state index in [1.54, 1.807) is 0 Å². The molecule has 0 aliphatic rings. The second-order valence-corrected chi connectivity index (χ2v) is 10.2. The molecule has 0 radical (unpaired) electrons. The topological polar surface area (TPSA) is 30.9 Å². The number of unbranched alkanes of at least 4 members (excludes halogenated alkanes) is 5. The molecule has 0 spiro atoms. The fourth-order valence-corrected chi connectivity index (χ4v) is 4.95. The summed E-state index contributed by atoms with van der Waals surface area (Å²) in [6, 6.07) is 19.6. The van der Waals surface area contributed by atoms with E-state index < -0.39 is 0 Å². The van der Waals surface area contributed by atoms with Gasteiger partial charge in [0.15, 0.2) is 17.9 Å². The zero-order chi connectivity index (χ0) is 25.7. The number of hydrogen-bond acceptors (Lipinski definition) is 2. The highest BCUT2D eigenvalue weighted by Crippen LogP contribution is 2.24. The van der Waals surface area contributed by atoms with Gasteiger partial charge >= 0.3 is 0 Å². The van der Waals surface area contributed by atoms with Crippen molar-refractivity contribution in [3.8, 4) is 5.75 Å². The number of imidazole rings is 1. The van der Waals surface area contributed by atoms with Crippen LogP contribution < -0.4 is 9.30 Å². The van der Waals surface area contributed by atoms with E-state index in [1.165, 1.54) is 67.2 Å². The summed E-state index contributed by atoms with van der Waals surface area (Å²) in [5.74, 6) is 1.09. The molecule has 2 aromatic heterocycles. The SMILES string of the molecule is Br.CCCCCc1ccc(OCCCC[n+]2ccc3c(c2)ncn3Cc2ccccc2)c(CCCCC)c1. The Morgan fingerprint density at radius 1 is 0.816 bits per heavy atom. The summed E-state index contributed by atoms with van der Waals surface area (Å²) < 4.78 is 10.8. The van der Waals surface area contributed by atoms with Crippen LogP contribution in [0.15, 0.2) is 73.3 Å². The number of pyridine rings is 1. The standard InChI is InChI=1S/C33H44N3O.BrH/c1-3-5-8-14-28-18-19-33(30(24-28)17-9-6-4-2)37-23-13-12-21-35-22-20-32-31(26-35)34-27-36(32)25-29-15-10-7-11-16-29;/h7,10-11,15-16,18-20,22,24,26-27H,3-6,8-9,12-14,17,21,23,25H2,1-2H3;1H/q+1;. The van der Waals surface area contributed by atoms with Crippen molar-refractivity contribution in [3.05, 3.63) is 90.0 Å². The van der Waals surface area contributed by atoms with Gasteiger partial charge in [0.25, 0.3) is 0 Å². The maximum absolute atomic E-state index is 6.29. The molecule has 2 heterocycles. The Balaban J connectivity index is 0.00000400. The molecule has 0 fully saturated rings. The first kappa shape index (κ1) is 29.9. The molecule has 0 saturated carbocycles. The van der Waals surface area contributed by atoms with E-state index in [0.29, 0.717) is 0 Å². The lowest BCUT2D eigenvalue weighted by Crippen LogP contribution is -2.32. The molecule has 0 N–H and O–H groups in total. The summed E-state index contributed by atoms with van der Waals surface area (Å²) in [6.45, 7) is 7.13. The van der Waals surface area contributed by atoms with Crippen LogP contribution in [0.3, 0.4) is 0 Å². The predicted molar refractivity (Wildman–Crippen MR) is 163 cm³/mol. The van der Waals surface area contributed by atoms with Crippen LogP contribution in [0.5, 0.6) is 5.75 Å². The number of rotatable bonds is 16. The molecule has 0 unspecified atom stereocenters. The van der Waals surface area contributed by atoms with Crippen molar-refractivity contribution in [2.75, 3.05) is 6.61 Å². The van der Waals surface area contributed by atoms with E-state index in [-0.39, 0.29) is 17.0 Å². The van der Waals surface area contributed by atoms with E-state index in [2.05, 4.69) is 95.0 Å². The molecular weight excluding hydrogens is 534 g/mol. The van der Waals surface area contributed by atoms with Crippen LogP contribution >= 0.6 is 17.0 Å². The van der Waals surface area contributed by atoms with Gasteiger partial charge in [0.05, 0.1) is 18.5 Å². The molecular formula is C33H45BrN3O+. The van der Waals surface area contributed by atoms with Gasteiger partial charge in [-0.2, -0.15) is 0 Å². The van der Waals surface area contributed by atoms with Crippen LogP contribution in [0, 0.1) is 0 Å². The number of aromatic nitrogens is 3. The Morgan fingerprint density at radius 2 is 1.61 bits per heavy atom. The van der Waals surface area contributed by atoms with E-state index in [9.17, 15) is 0 Å². The zero-order valence-electron chi connectivity index (χ0n) is 23.3. The molecule has 204 valence electrons. The number of ether oxygens (including phenoxy) is 1. The summed E-state index contributed by atoms with van der Waals surface area (Å²) >= 11 is 0. The van der Waals surface area contributed by atoms with Crippen LogP contribution in [0.25, 0.3) is 11.0 Å². The minimum Gasteiger partial charge on any atom is -0.493 e. The first-order chi connectivity index (χ1) is 18.3. The largest absolute Gasteiger partial charge is 0.493 e.